The Morgan fingerprint density at radius 1 is 0.857 bits per heavy atom. The molecule has 14 heteroatoms. The number of halogens is 1. The Morgan fingerprint density at radius 2 is 1.45 bits per heavy atom. The SMILES string of the molecule is COc1ccc(N(CC(=O)Nc2ccc(S(=O)(=O)Nc3nc(C)cc(C)n3)cc2)S(=O)(=O)c2ccc(C)cc2)cc1Cl. The maximum atomic E-state index is 13.6. The molecule has 4 rings (SSSR count). The van der Waals surface area contributed by atoms with Crippen LogP contribution in [0.2, 0.25) is 5.02 Å². The van der Waals surface area contributed by atoms with Crippen LogP contribution in [0, 0.1) is 20.8 Å². The van der Waals surface area contributed by atoms with Gasteiger partial charge in [-0.1, -0.05) is 29.3 Å². The van der Waals surface area contributed by atoms with Gasteiger partial charge in [0.1, 0.15) is 12.3 Å². The molecule has 3 aromatic carbocycles. The number of benzene rings is 3. The van der Waals surface area contributed by atoms with Crippen LogP contribution in [0.25, 0.3) is 0 Å². The van der Waals surface area contributed by atoms with Gasteiger partial charge in [0.05, 0.1) is 27.6 Å². The number of aryl methyl sites for hydroxylation is 3. The molecule has 0 saturated heterocycles. The quantitative estimate of drug-likeness (QED) is 0.257. The molecule has 42 heavy (non-hydrogen) atoms. The summed E-state index contributed by atoms with van der Waals surface area (Å²) in [7, 11) is -6.76. The van der Waals surface area contributed by atoms with Crippen molar-refractivity contribution in [2.24, 2.45) is 0 Å². The number of nitrogens with zero attached hydrogens (tertiary/aromatic N) is 3. The molecule has 0 unspecified atom stereocenters. The van der Waals surface area contributed by atoms with Crippen LogP contribution in [0.1, 0.15) is 17.0 Å². The summed E-state index contributed by atoms with van der Waals surface area (Å²) in [5.74, 6) is -0.389. The number of carbonyl (C=O) groups is 1. The molecule has 0 spiro atoms. The third-order valence-corrected chi connectivity index (χ3v) is 9.40. The van der Waals surface area contributed by atoms with Crippen molar-refractivity contribution in [2.45, 2.75) is 30.6 Å². The number of hydrogen-bond donors (Lipinski definition) is 2. The van der Waals surface area contributed by atoms with Crippen LogP contribution in [-0.4, -0.2) is 46.4 Å². The zero-order valence-corrected chi connectivity index (χ0v) is 25.5. The maximum Gasteiger partial charge on any atom is 0.264 e. The topological polar surface area (TPSA) is 148 Å². The molecule has 1 heterocycles. The number of sulfonamides is 2. The molecule has 1 aromatic heterocycles. The first-order valence-corrected chi connectivity index (χ1v) is 15.8. The van der Waals surface area contributed by atoms with Crippen LogP contribution < -0.4 is 19.1 Å². The van der Waals surface area contributed by atoms with Crippen LogP contribution in [0.5, 0.6) is 5.75 Å². The average Bonchev–Trinajstić information content (AvgIpc) is 2.91. The van der Waals surface area contributed by atoms with Crippen molar-refractivity contribution in [3.8, 4) is 5.75 Å². The van der Waals surface area contributed by atoms with Crippen molar-refractivity contribution < 1.29 is 26.4 Å². The van der Waals surface area contributed by atoms with E-state index in [0.717, 1.165) is 9.87 Å². The van der Waals surface area contributed by atoms with Gasteiger partial charge in [-0.2, -0.15) is 0 Å². The normalized spacial score (nSPS) is 11.5. The Bertz CT molecular complexity index is 1810. The van der Waals surface area contributed by atoms with E-state index in [0.29, 0.717) is 17.1 Å². The molecular formula is C28H28ClN5O6S2. The van der Waals surface area contributed by atoms with Crippen molar-refractivity contribution in [3.63, 3.8) is 0 Å². The number of nitrogens with one attached hydrogen (secondary N) is 2. The number of hydrogen-bond acceptors (Lipinski definition) is 8. The molecule has 1 amide bonds. The molecule has 0 atom stereocenters. The average molecular weight is 630 g/mol. The lowest BCUT2D eigenvalue weighted by molar-refractivity contribution is -0.114. The minimum atomic E-state index is -4.18. The smallest absolute Gasteiger partial charge is 0.264 e. The first-order chi connectivity index (χ1) is 19.8. The maximum absolute atomic E-state index is 13.6. The van der Waals surface area contributed by atoms with Gasteiger partial charge < -0.3 is 10.1 Å². The summed E-state index contributed by atoms with van der Waals surface area (Å²) in [6, 6.07) is 17.7. The summed E-state index contributed by atoms with van der Waals surface area (Å²) in [4.78, 5) is 21.2. The van der Waals surface area contributed by atoms with Gasteiger partial charge in [0.25, 0.3) is 20.0 Å². The molecule has 220 valence electrons. The minimum Gasteiger partial charge on any atom is -0.495 e. The summed E-state index contributed by atoms with van der Waals surface area (Å²) in [5, 5.41) is 2.78. The lowest BCUT2D eigenvalue weighted by atomic mass is 10.2. The largest absolute Gasteiger partial charge is 0.495 e. The van der Waals surface area contributed by atoms with Gasteiger partial charge in [-0.05, 0) is 81.4 Å². The van der Waals surface area contributed by atoms with E-state index < -0.39 is 32.5 Å². The zero-order chi connectivity index (χ0) is 30.7. The molecule has 0 aliphatic heterocycles. The summed E-state index contributed by atoms with van der Waals surface area (Å²) < 4.78 is 61.4. The zero-order valence-electron chi connectivity index (χ0n) is 23.1. The fourth-order valence-corrected chi connectivity index (χ4v) is 6.57. The van der Waals surface area contributed by atoms with Crippen molar-refractivity contribution in [1.29, 1.82) is 0 Å². The molecule has 0 bridgehead atoms. The monoisotopic (exact) mass is 629 g/mol. The Balaban J connectivity index is 1.56. The van der Waals surface area contributed by atoms with E-state index in [2.05, 4.69) is 20.0 Å². The number of amides is 1. The fraction of sp³-hybridized carbons (Fsp3) is 0.179. The summed E-state index contributed by atoms with van der Waals surface area (Å²) >= 11 is 6.27. The standard InChI is InChI=1S/C28H28ClN5O6S2/c1-18-5-10-24(11-6-18)42(38,39)34(22-9-14-26(40-4)25(29)16-22)17-27(35)32-21-7-12-23(13-8-21)41(36,37)33-28-30-19(2)15-20(3)31-28/h5-16H,17H2,1-4H3,(H,32,35)(H,30,31,33). The van der Waals surface area contributed by atoms with Crippen LogP contribution in [0.4, 0.5) is 17.3 Å². The van der Waals surface area contributed by atoms with Crippen molar-refractivity contribution >= 4 is 54.9 Å². The highest BCUT2D eigenvalue weighted by Crippen LogP contribution is 2.32. The van der Waals surface area contributed by atoms with Crippen LogP contribution in [0.15, 0.2) is 82.6 Å². The summed E-state index contributed by atoms with van der Waals surface area (Å²) in [5.41, 5.74) is 2.48. The van der Waals surface area contributed by atoms with E-state index in [4.69, 9.17) is 16.3 Å². The lowest BCUT2D eigenvalue weighted by Crippen LogP contribution is -2.38. The van der Waals surface area contributed by atoms with Gasteiger partial charge >= 0.3 is 0 Å². The molecule has 0 aliphatic carbocycles. The second-order valence-electron chi connectivity index (χ2n) is 9.30. The van der Waals surface area contributed by atoms with Gasteiger partial charge in [0.15, 0.2) is 0 Å². The molecular weight excluding hydrogens is 602 g/mol. The lowest BCUT2D eigenvalue weighted by Gasteiger charge is -2.24. The highest BCUT2D eigenvalue weighted by Gasteiger charge is 2.28. The van der Waals surface area contributed by atoms with Gasteiger partial charge in [0, 0.05) is 17.1 Å². The van der Waals surface area contributed by atoms with Gasteiger partial charge in [0.2, 0.25) is 11.9 Å². The Kier molecular flexibility index (Phi) is 9.04. The number of rotatable bonds is 10. The molecule has 0 aliphatic rings. The number of carbonyl (C=O) groups excluding carboxylic acids is 1. The second kappa shape index (κ2) is 12.3. The fourth-order valence-electron chi connectivity index (χ4n) is 3.96. The molecule has 11 nitrogen and oxygen atoms in total. The Morgan fingerprint density at radius 3 is 2.02 bits per heavy atom. The summed E-state index contributed by atoms with van der Waals surface area (Å²) in [6.45, 7) is 4.68. The van der Waals surface area contributed by atoms with E-state index in [9.17, 15) is 21.6 Å². The predicted octanol–water partition coefficient (Wildman–Crippen LogP) is 4.70. The van der Waals surface area contributed by atoms with Gasteiger partial charge in [-0.15, -0.1) is 0 Å². The van der Waals surface area contributed by atoms with E-state index in [1.165, 1.54) is 61.7 Å². The van der Waals surface area contributed by atoms with Crippen molar-refractivity contribution in [2.75, 3.05) is 28.0 Å². The molecule has 0 saturated carbocycles. The third kappa shape index (κ3) is 7.16. The van der Waals surface area contributed by atoms with Crippen LogP contribution >= 0.6 is 11.6 Å². The van der Waals surface area contributed by atoms with Crippen molar-refractivity contribution in [3.05, 3.63) is 94.8 Å². The first-order valence-electron chi connectivity index (χ1n) is 12.5. The summed E-state index contributed by atoms with van der Waals surface area (Å²) in [6.07, 6.45) is 0. The third-order valence-electron chi connectivity index (χ3n) is 5.98. The van der Waals surface area contributed by atoms with Crippen LogP contribution in [-0.2, 0) is 24.8 Å². The number of ether oxygens (including phenoxy) is 1. The molecule has 0 fully saturated rings. The van der Waals surface area contributed by atoms with Gasteiger partial charge in [-0.25, -0.2) is 31.5 Å². The number of methoxy groups -OCH3 is 1. The van der Waals surface area contributed by atoms with E-state index in [1.54, 1.807) is 32.0 Å². The van der Waals surface area contributed by atoms with Gasteiger partial charge in [-0.3, -0.25) is 9.10 Å². The second-order valence-corrected chi connectivity index (χ2v) is 13.2. The first kappa shape index (κ1) is 30.8. The van der Waals surface area contributed by atoms with Crippen LogP contribution in [0.3, 0.4) is 0 Å². The molecule has 4 aromatic rings. The molecule has 0 radical (unpaired) electrons. The Hall–Kier alpha value is -4.20. The molecule has 2 N–H and O–H groups in total. The van der Waals surface area contributed by atoms with E-state index in [-0.39, 0.29) is 32.1 Å². The number of aromatic nitrogens is 2. The Labute approximate surface area is 249 Å². The number of anilines is 3. The van der Waals surface area contributed by atoms with E-state index >= 15 is 0 Å². The van der Waals surface area contributed by atoms with E-state index in [1.807, 2.05) is 6.92 Å². The highest BCUT2D eigenvalue weighted by atomic mass is 35.5. The predicted molar refractivity (Wildman–Crippen MR) is 161 cm³/mol. The van der Waals surface area contributed by atoms with Crippen molar-refractivity contribution in [1.82, 2.24) is 9.97 Å². The highest BCUT2D eigenvalue weighted by molar-refractivity contribution is 7.93. The minimum absolute atomic E-state index is 0.0114.